The molecule has 0 atom stereocenters. The van der Waals surface area contributed by atoms with E-state index in [9.17, 15) is 14.0 Å². The number of fused-ring (bicyclic) bond motifs is 1. The quantitative estimate of drug-likeness (QED) is 0.692. The van der Waals surface area contributed by atoms with Gasteiger partial charge in [-0.1, -0.05) is 12.1 Å². The van der Waals surface area contributed by atoms with E-state index in [2.05, 4.69) is 10.3 Å². The van der Waals surface area contributed by atoms with Crippen LogP contribution in [0.3, 0.4) is 0 Å². The van der Waals surface area contributed by atoms with Crippen molar-refractivity contribution in [2.45, 2.75) is 38.3 Å². The van der Waals surface area contributed by atoms with Crippen molar-refractivity contribution in [2.75, 3.05) is 0 Å². The lowest BCUT2D eigenvalue weighted by atomic mass is 10.1. The predicted molar refractivity (Wildman–Crippen MR) is 107 cm³/mol. The van der Waals surface area contributed by atoms with Crippen LogP contribution in [0.1, 0.15) is 25.7 Å². The lowest BCUT2D eigenvalue weighted by Gasteiger charge is -2.18. The number of nitrogens with zero attached hydrogens (tertiary/aromatic N) is 2. The van der Waals surface area contributed by atoms with E-state index in [4.69, 9.17) is 0 Å². The van der Waals surface area contributed by atoms with E-state index in [1.807, 2.05) is 5.38 Å². The van der Waals surface area contributed by atoms with E-state index in [-0.39, 0.29) is 29.9 Å². The van der Waals surface area contributed by atoms with Crippen LogP contribution in [-0.4, -0.2) is 21.5 Å². The number of benzene rings is 1. The van der Waals surface area contributed by atoms with Crippen LogP contribution in [0.5, 0.6) is 0 Å². The summed E-state index contributed by atoms with van der Waals surface area (Å²) < 4.78 is 14.6. The van der Waals surface area contributed by atoms with Crippen LogP contribution in [0.4, 0.5) is 4.39 Å². The molecule has 2 fully saturated rings. The summed E-state index contributed by atoms with van der Waals surface area (Å²) in [5.74, 6) is 0.758. The van der Waals surface area contributed by atoms with Gasteiger partial charge in [0.15, 0.2) is 0 Å². The van der Waals surface area contributed by atoms with Gasteiger partial charge in [0.2, 0.25) is 5.91 Å². The molecule has 5 nitrogen and oxygen atoms in total. The molecular formula is C21H20FN3O2S. The summed E-state index contributed by atoms with van der Waals surface area (Å²) in [6.45, 7) is -0.0313. The number of nitrogens with one attached hydrogen (secondary N) is 1. The Morgan fingerprint density at radius 2 is 1.89 bits per heavy atom. The largest absolute Gasteiger partial charge is 0.351 e. The minimum absolute atomic E-state index is 0.0313. The predicted octanol–water partition coefficient (Wildman–Crippen LogP) is 3.57. The zero-order valence-electron chi connectivity index (χ0n) is 15.2. The number of aromatic nitrogens is 2. The summed E-state index contributed by atoms with van der Waals surface area (Å²) in [5, 5.41) is 5.48. The summed E-state index contributed by atoms with van der Waals surface area (Å²) in [4.78, 5) is 30.6. The molecule has 0 spiro atoms. The summed E-state index contributed by atoms with van der Waals surface area (Å²) in [6, 6.07) is 6.30. The van der Waals surface area contributed by atoms with Crippen LogP contribution in [0.25, 0.3) is 21.3 Å². The molecule has 0 radical (unpaired) electrons. The number of thiophene rings is 1. The highest BCUT2D eigenvalue weighted by atomic mass is 32.1. The van der Waals surface area contributed by atoms with Gasteiger partial charge in [-0.15, -0.1) is 11.3 Å². The van der Waals surface area contributed by atoms with Gasteiger partial charge in [-0.2, -0.15) is 0 Å². The molecule has 2 aliphatic rings. The Bertz CT molecular complexity index is 1090. The van der Waals surface area contributed by atoms with Crippen molar-refractivity contribution in [2.24, 2.45) is 11.8 Å². The third-order valence-electron chi connectivity index (χ3n) is 5.62. The molecule has 1 N–H and O–H groups in total. The Morgan fingerprint density at radius 3 is 2.54 bits per heavy atom. The molecule has 1 amide bonds. The fourth-order valence-corrected chi connectivity index (χ4v) is 4.75. The van der Waals surface area contributed by atoms with E-state index in [1.165, 1.54) is 60.0 Å². The number of hydrogen-bond donors (Lipinski definition) is 1. The number of amides is 1. The molecule has 3 aromatic rings. The molecular weight excluding hydrogens is 377 g/mol. The smallest absolute Gasteiger partial charge is 0.263 e. The molecule has 7 heteroatoms. The van der Waals surface area contributed by atoms with Crippen LogP contribution in [0, 0.1) is 17.7 Å². The first-order chi connectivity index (χ1) is 13.6. The fourth-order valence-electron chi connectivity index (χ4n) is 3.84. The van der Waals surface area contributed by atoms with Gasteiger partial charge in [0.25, 0.3) is 5.56 Å². The average Bonchev–Trinajstić information content (AvgIpc) is 3.61. The van der Waals surface area contributed by atoms with Crippen molar-refractivity contribution in [1.82, 2.24) is 14.9 Å². The fraction of sp³-hybridized carbons (Fsp3) is 0.381. The van der Waals surface area contributed by atoms with E-state index >= 15 is 0 Å². The maximum Gasteiger partial charge on any atom is 0.263 e. The average molecular weight is 397 g/mol. The molecule has 2 saturated carbocycles. The van der Waals surface area contributed by atoms with Crippen LogP contribution < -0.4 is 10.9 Å². The molecule has 28 heavy (non-hydrogen) atoms. The normalized spacial score (nSPS) is 16.6. The zero-order chi connectivity index (χ0) is 19.3. The van der Waals surface area contributed by atoms with Crippen molar-refractivity contribution in [3.63, 3.8) is 0 Å². The second-order valence-corrected chi connectivity index (χ2v) is 8.64. The SMILES string of the molecule is O=C(Cn1cnc2scc(-c3ccc(F)cc3)c2c1=O)NC(C1CC1)C1CC1. The Balaban J connectivity index is 1.42. The highest BCUT2D eigenvalue weighted by Gasteiger charge is 2.42. The zero-order valence-corrected chi connectivity index (χ0v) is 16.0. The Morgan fingerprint density at radius 1 is 1.21 bits per heavy atom. The minimum atomic E-state index is -0.323. The highest BCUT2D eigenvalue weighted by Crippen LogP contribution is 2.44. The number of carbonyl (C=O) groups is 1. The summed E-state index contributed by atoms with van der Waals surface area (Å²) in [7, 11) is 0. The van der Waals surface area contributed by atoms with Gasteiger partial charge < -0.3 is 5.32 Å². The van der Waals surface area contributed by atoms with Gasteiger partial charge in [-0.3, -0.25) is 14.2 Å². The molecule has 144 valence electrons. The third-order valence-corrected chi connectivity index (χ3v) is 6.50. The number of halogens is 1. The first-order valence-corrected chi connectivity index (χ1v) is 10.5. The Labute approximate surface area is 165 Å². The third kappa shape index (κ3) is 3.35. The van der Waals surface area contributed by atoms with Crippen molar-refractivity contribution in [3.8, 4) is 11.1 Å². The summed E-state index contributed by atoms with van der Waals surface area (Å²) >= 11 is 1.37. The lowest BCUT2D eigenvalue weighted by molar-refractivity contribution is -0.122. The molecule has 1 aromatic carbocycles. The standard InChI is InChI=1S/C21H20FN3O2S/c22-15-7-5-12(6-8-15)16-10-28-20-18(16)21(27)25(11-23-20)9-17(26)24-19(13-1-2-13)14-3-4-14/h5-8,10-11,13-14,19H,1-4,9H2,(H,24,26). The van der Waals surface area contributed by atoms with Crippen LogP contribution in [0.15, 0.2) is 40.8 Å². The number of rotatable bonds is 6. The van der Waals surface area contributed by atoms with Crippen LogP contribution in [0.2, 0.25) is 0 Å². The van der Waals surface area contributed by atoms with Crippen molar-refractivity contribution in [3.05, 3.63) is 52.1 Å². The maximum atomic E-state index is 13.2. The van der Waals surface area contributed by atoms with Crippen LogP contribution in [-0.2, 0) is 11.3 Å². The van der Waals surface area contributed by atoms with Crippen molar-refractivity contribution >= 4 is 27.5 Å². The van der Waals surface area contributed by atoms with Crippen molar-refractivity contribution < 1.29 is 9.18 Å². The summed E-state index contributed by atoms with van der Waals surface area (Å²) in [6.07, 6.45) is 6.18. The molecule has 5 rings (SSSR count). The van der Waals surface area contributed by atoms with E-state index in [1.54, 1.807) is 12.1 Å². The summed E-state index contributed by atoms with van der Waals surface area (Å²) in [5.41, 5.74) is 1.24. The molecule has 0 bridgehead atoms. The molecule has 0 unspecified atom stereocenters. The van der Waals surface area contributed by atoms with E-state index in [0.717, 1.165) is 11.1 Å². The van der Waals surface area contributed by atoms with Crippen molar-refractivity contribution in [1.29, 1.82) is 0 Å². The second-order valence-electron chi connectivity index (χ2n) is 7.78. The monoisotopic (exact) mass is 397 g/mol. The maximum absolute atomic E-state index is 13.2. The lowest BCUT2D eigenvalue weighted by Crippen LogP contribution is -2.41. The first-order valence-electron chi connectivity index (χ1n) is 9.62. The van der Waals surface area contributed by atoms with Gasteiger partial charge in [0, 0.05) is 17.0 Å². The van der Waals surface area contributed by atoms with E-state index in [0.29, 0.717) is 22.1 Å². The molecule has 0 aliphatic heterocycles. The van der Waals surface area contributed by atoms with Gasteiger partial charge in [0.05, 0.1) is 11.7 Å². The van der Waals surface area contributed by atoms with Gasteiger partial charge >= 0.3 is 0 Å². The van der Waals surface area contributed by atoms with Gasteiger partial charge in [-0.05, 0) is 55.2 Å². The van der Waals surface area contributed by atoms with Crippen LogP contribution >= 0.6 is 11.3 Å². The minimum Gasteiger partial charge on any atom is -0.351 e. The molecule has 0 saturated heterocycles. The Hall–Kier alpha value is -2.54. The molecule has 2 aromatic heterocycles. The van der Waals surface area contributed by atoms with E-state index < -0.39 is 0 Å². The molecule has 2 aliphatic carbocycles. The number of carbonyl (C=O) groups excluding carboxylic acids is 1. The topological polar surface area (TPSA) is 64.0 Å². The van der Waals surface area contributed by atoms with Gasteiger partial charge in [-0.25, -0.2) is 9.37 Å². The highest BCUT2D eigenvalue weighted by molar-refractivity contribution is 7.17. The van der Waals surface area contributed by atoms with Gasteiger partial charge in [0.1, 0.15) is 17.2 Å². The number of hydrogen-bond acceptors (Lipinski definition) is 4. The second kappa shape index (κ2) is 6.81. The Kier molecular flexibility index (Phi) is 4.27. The molecule has 2 heterocycles. The first kappa shape index (κ1) is 17.6.